The fraction of sp³-hybridized carbons (Fsp3) is 0.875. The Morgan fingerprint density at radius 3 is 2.75 bits per heavy atom. The second kappa shape index (κ2) is 7.74. The standard InChI is InChI=1S/C8H16ClNOS/c1-3-10-8(11)7(9)5-6-12-4-2/h7H,3-6H2,1-2H3,(H,10,11). The summed E-state index contributed by atoms with van der Waals surface area (Å²) < 4.78 is 0. The van der Waals surface area contributed by atoms with Crippen LogP contribution in [0.3, 0.4) is 0 Å². The minimum atomic E-state index is -0.357. The maximum Gasteiger partial charge on any atom is 0.238 e. The van der Waals surface area contributed by atoms with Gasteiger partial charge in [-0.25, -0.2) is 0 Å². The molecule has 0 aliphatic heterocycles. The quantitative estimate of drug-likeness (QED) is 0.535. The number of halogens is 1. The van der Waals surface area contributed by atoms with Gasteiger partial charge in [0.25, 0.3) is 0 Å². The molecule has 0 aromatic carbocycles. The third-order valence-corrected chi connectivity index (χ3v) is 2.70. The number of carbonyl (C=O) groups is 1. The van der Waals surface area contributed by atoms with Crippen molar-refractivity contribution in [2.24, 2.45) is 0 Å². The molecule has 0 heterocycles. The van der Waals surface area contributed by atoms with E-state index in [2.05, 4.69) is 12.2 Å². The number of alkyl halides is 1. The molecule has 72 valence electrons. The van der Waals surface area contributed by atoms with Gasteiger partial charge < -0.3 is 5.32 Å². The lowest BCUT2D eigenvalue weighted by Gasteiger charge is -2.07. The molecule has 0 aromatic heterocycles. The zero-order valence-corrected chi connectivity index (χ0v) is 9.17. The summed E-state index contributed by atoms with van der Waals surface area (Å²) in [6.45, 7) is 4.64. The van der Waals surface area contributed by atoms with E-state index in [0.29, 0.717) is 6.54 Å². The maximum absolute atomic E-state index is 11.1. The van der Waals surface area contributed by atoms with Gasteiger partial charge in [-0.3, -0.25) is 4.79 Å². The second-order valence-electron chi connectivity index (χ2n) is 2.35. The van der Waals surface area contributed by atoms with Crippen molar-refractivity contribution >= 4 is 29.3 Å². The largest absolute Gasteiger partial charge is 0.355 e. The normalized spacial score (nSPS) is 12.6. The monoisotopic (exact) mass is 209 g/mol. The van der Waals surface area contributed by atoms with Gasteiger partial charge in [-0.2, -0.15) is 11.8 Å². The molecule has 0 saturated heterocycles. The Balaban J connectivity index is 3.42. The van der Waals surface area contributed by atoms with E-state index >= 15 is 0 Å². The van der Waals surface area contributed by atoms with Crippen LogP contribution in [0.1, 0.15) is 20.3 Å². The Morgan fingerprint density at radius 2 is 2.25 bits per heavy atom. The zero-order chi connectivity index (χ0) is 9.40. The van der Waals surface area contributed by atoms with Crippen molar-refractivity contribution in [2.75, 3.05) is 18.1 Å². The molecule has 0 spiro atoms. The van der Waals surface area contributed by atoms with Gasteiger partial charge >= 0.3 is 0 Å². The van der Waals surface area contributed by atoms with Gasteiger partial charge in [0.1, 0.15) is 5.38 Å². The van der Waals surface area contributed by atoms with Crippen LogP contribution < -0.4 is 5.32 Å². The van der Waals surface area contributed by atoms with Crippen LogP contribution in [-0.4, -0.2) is 29.3 Å². The molecular weight excluding hydrogens is 194 g/mol. The van der Waals surface area contributed by atoms with Crippen molar-refractivity contribution in [1.29, 1.82) is 0 Å². The Hall–Kier alpha value is 0.110. The van der Waals surface area contributed by atoms with Gasteiger partial charge in [0.05, 0.1) is 0 Å². The second-order valence-corrected chi connectivity index (χ2v) is 4.27. The molecule has 0 bridgehead atoms. The summed E-state index contributed by atoms with van der Waals surface area (Å²) in [6, 6.07) is 0. The van der Waals surface area contributed by atoms with E-state index in [-0.39, 0.29) is 11.3 Å². The first kappa shape index (κ1) is 12.1. The van der Waals surface area contributed by atoms with E-state index in [4.69, 9.17) is 11.6 Å². The summed E-state index contributed by atoms with van der Waals surface area (Å²) in [5.41, 5.74) is 0. The first-order valence-corrected chi connectivity index (χ1v) is 5.81. The van der Waals surface area contributed by atoms with Gasteiger partial charge in [-0.05, 0) is 24.9 Å². The molecule has 0 radical (unpaired) electrons. The summed E-state index contributed by atoms with van der Waals surface area (Å²) in [7, 11) is 0. The summed E-state index contributed by atoms with van der Waals surface area (Å²) >= 11 is 7.63. The number of thioether (sulfide) groups is 1. The Bertz CT molecular complexity index is 132. The predicted molar refractivity (Wildman–Crippen MR) is 55.9 cm³/mol. The lowest BCUT2D eigenvalue weighted by molar-refractivity contribution is -0.120. The SMILES string of the molecule is CCNC(=O)C(Cl)CCSCC. The summed E-state index contributed by atoms with van der Waals surface area (Å²) in [4.78, 5) is 11.1. The molecule has 1 atom stereocenters. The fourth-order valence-corrected chi connectivity index (χ4v) is 1.75. The van der Waals surface area contributed by atoms with Crippen LogP contribution in [0.2, 0.25) is 0 Å². The van der Waals surface area contributed by atoms with Crippen LogP contribution in [-0.2, 0) is 4.79 Å². The number of amides is 1. The van der Waals surface area contributed by atoms with Crippen LogP contribution in [0.4, 0.5) is 0 Å². The van der Waals surface area contributed by atoms with Crippen molar-refractivity contribution in [2.45, 2.75) is 25.6 Å². The first-order valence-electron chi connectivity index (χ1n) is 4.21. The van der Waals surface area contributed by atoms with E-state index in [0.717, 1.165) is 17.9 Å². The molecule has 0 aliphatic rings. The number of rotatable bonds is 6. The van der Waals surface area contributed by atoms with E-state index in [1.54, 1.807) is 0 Å². The highest BCUT2D eigenvalue weighted by molar-refractivity contribution is 7.99. The van der Waals surface area contributed by atoms with Crippen LogP contribution in [0.15, 0.2) is 0 Å². The van der Waals surface area contributed by atoms with Gasteiger partial charge in [0, 0.05) is 6.54 Å². The topological polar surface area (TPSA) is 29.1 Å². The zero-order valence-electron chi connectivity index (χ0n) is 7.60. The van der Waals surface area contributed by atoms with Gasteiger partial charge in [0.15, 0.2) is 0 Å². The molecule has 0 rings (SSSR count). The van der Waals surface area contributed by atoms with Crippen LogP contribution in [0, 0.1) is 0 Å². The van der Waals surface area contributed by atoms with Crippen molar-refractivity contribution in [3.63, 3.8) is 0 Å². The Kier molecular flexibility index (Phi) is 7.81. The average molecular weight is 210 g/mol. The third kappa shape index (κ3) is 5.72. The number of carbonyl (C=O) groups excluding carboxylic acids is 1. The maximum atomic E-state index is 11.1. The highest BCUT2D eigenvalue weighted by Crippen LogP contribution is 2.08. The summed E-state index contributed by atoms with van der Waals surface area (Å²) in [5.74, 6) is 2.00. The van der Waals surface area contributed by atoms with Gasteiger partial charge in [-0.1, -0.05) is 6.92 Å². The molecule has 1 N–H and O–H groups in total. The molecule has 0 saturated carbocycles. The van der Waals surface area contributed by atoms with E-state index in [1.165, 1.54) is 0 Å². The highest BCUT2D eigenvalue weighted by atomic mass is 35.5. The summed E-state index contributed by atoms with van der Waals surface area (Å²) in [5, 5.41) is 2.33. The van der Waals surface area contributed by atoms with Gasteiger partial charge in [0.2, 0.25) is 5.91 Å². The third-order valence-electron chi connectivity index (χ3n) is 1.36. The molecule has 4 heteroatoms. The highest BCUT2D eigenvalue weighted by Gasteiger charge is 2.12. The summed E-state index contributed by atoms with van der Waals surface area (Å²) in [6.07, 6.45) is 0.756. The van der Waals surface area contributed by atoms with Crippen molar-refractivity contribution in [1.82, 2.24) is 5.32 Å². The fourth-order valence-electron chi connectivity index (χ4n) is 0.747. The molecule has 0 fully saturated rings. The molecule has 1 amide bonds. The minimum Gasteiger partial charge on any atom is -0.355 e. The number of nitrogens with one attached hydrogen (secondary N) is 1. The van der Waals surface area contributed by atoms with Crippen molar-refractivity contribution < 1.29 is 4.79 Å². The Morgan fingerprint density at radius 1 is 1.58 bits per heavy atom. The predicted octanol–water partition coefficient (Wildman–Crippen LogP) is 1.87. The van der Waals surface area contributed by atoms with Crippen molar-refractivity contribution in [3.8, 4) is 0 Å². The Labute approximate surface area is 83.4 Å². The minimum absolute atomic E-state index is 0.0455. The number of hydrogen-bond acceptors (Lipinski definition) is 2. The van der Waals surface area contributed by atoms with Crippen LogP contribution in [0.5, 0.6) is 0 Å². The van der Waals surface area contributed by atoms with E-state index < -0.39 is 0 Å². The molecular formula is C8H16ClNOS. The van der Waals surface area contributed by atoms with Crippen LogP contribution in [0.25, 0.3) is 0 Å². The van der Waals surface area contributed by atoms with Crippen molar-refractivity contribution in [3.05, 3.63) is 0 Å². The first-order chi connectivity index (χ1) is 5.72. The molecule has 12 heavy (non-hydrogen) atoms. The molecule has 1 unspecified atom stereocenters. The lowest BCUT2D eigenvalue weighted by Crippen LogP contribution is -2.31. The smallest absolute Gasteiger partial charge is 0.238 e. The van der Waals surface area contributed by atoms with E-state index in [9.17, 15) is 4.79 Å². The van der Waals surface area contributed by atoms with Crippen LogP contribution >= 0.6 is 23.4 Å². The van der Waals surface area contributed by atoms with Gasteiger partial charge in [-0.15, -0.1) is 11.6 Å². The molecule has 0 aromatic rings. The average Bonchev–Trinajstić information content (AvgIpc) is 2.05. The number of hydrogen-bond donors (Lipinski definition) is 1. The van der Waals surface area contributed by atoms with E-state index in [1.807, 2.05) is 18.7 Å². The molecule has 2 nitrogen and oxygen atoms in total. The molecule has 0 aliphatic carbocycles. The lowest BCUT2D eigenvalue weighted by atomic mass is 10.3.